The van der Waals surface area contributed by atoms with Crippen LogP contribution in [0.15, 0.2) is 16.7 Å². The second-order valence-corrected chi connectivity index (χ2v) is 5.26. The molecule has 0 aliphatic carbocycles. The quantitative estimate of drug-likeness (QED) is 0.747. The van der Waals surface area contributed by atoms with E-state index in [1.165, 1.54) is 0 Å². The van der Waals surface area contributed by atoms with Crippen molar-refractivity contribution in [2.45, 2.75) is 25.8 Å². The van der Waals surface area contributed by atoms with Crippen molar-refractivity contribution in [2.24, 2.45) is 0 Å². The van der Waals surface area contributed by atoms with E-state index >= 15 is 0 Å². The van der Waals surface area contributed by atoms with Gasteiger partial charge in [0.15, 0.2) is 0 Å². The van der Waals surface area contributed by atoms with Crippen molar-refractivity contribution >= 4 is 33.4 Å². The van der Waals surface area contributed by atoms with E-state index in [2.05, 4.69) is 27.8 Å². The van der Waals surface area contributed by atoms with Gasteiger partial charge in [-0.05, 0) is 41.8 Å². The van der Waals surface area contributed by atoms with Crippen molar-refractivity contribution < 1.29 is 4.79 Å². The van der Waals surface area contributed by atoms with Gasteiger partial charge in [-0.25, -0.2) is 4.98 Å². The Morgan fingerprint density at radius 3 is 3.06 bits per heavy atom. The highest BCUT2D eigenvalue weighted by Crippen LogP contribution is 2.24. The summed E-state index contributed by atoms with van der Waals surface area (Å²) in [7, 11) is 0. The predicted octanol–water partition coefficient (Wildman–Crippen LogP) is 3.12. The van der Waals surface area contributed by atoms with Crippen LogP contribution < -0.4 is 0 Å². The molecular formula is C11H12BrClN2O. The van der Waals surface area contributed by atoms with Crippen molar-refractivity contribution in [1.29, 1.82) is 0 Å². The van der Waals surface area contributed by atoms with E-state index in [-0.39, 0.29) is 11.1 Å². The molecule has 86 valence electrons. The molecule has 0 radical (unpaired) electrons. The fourth-order valence-electron chi connectivity index (χ4n) is 1.96. The first-order chi connectivity index (χ1) is 7.59. The second-order valence-electron chi connectivity index (χ2n) is 3.98. The third-order valence-corrected chi connectivity index (χ3v) is 3.58. The van der Waals surface area contributed by atoms with Gasteiger partial charge < -0.3 is 4.90 Å². The smallest absolute Gasteiger partial charge is 0.257 e. The molecule has 0 saturated carbocycles. The third kappa shape index (κ3) is 2.23. The number of pyridine rings is 1. The predicted molar refractivity (Wildman–Crippen MR) is 66.7 cm³/mol. The molecule has 1 amide bonds. The molecule has 0 N–H and O–H groups in total. The molecule has 1 unspecified atom stereocenters. The highest BCUT2D eigenvalue weighted by atomic mass is 79.9. The fraction of sp³-hybridized carbons (Fsp3) is 0.455. The lowest BCUT2D eigenvalue weighted by Gasteiger charge is -2.21. The molecule has 2 rings (SSSR count). The van der Waals surface area contributed by atoms with Gasteiger partial charge in [0.1, 0.15) is 5.15 Å². The number of likely N-dealkylation sites (tertiary alicyclic amines) is 1. The van der Waals surface area contributed by atoms with E-state index in [1.54, 1.807) is 12.3 Å². The Hall–Kier alpha value is -0.610. The average molecular weight is 304 g/mol. The number of hydrogen-bond acceptors (Lipinski definition) is 2. The van der Waals surface area contributed by atoms with Crippen molar-refractivity contribution in [2.75, 3.05) is 6.54 Å². The molecule has 0 spiro atoms. The Labute approximate surface area is 108 Å². The van der Waals surface area contributed by atoms with E-state index in [4.69, 9.17) is 11.6 Å². The van der Waals surface area contributed by atoms with Crippen LogP contribution in [0.4, 0.5) is 0 Å². The third-order valence-electron chi connectivity index (χ3n) is 2.85. The molecule has 5 heteroatoms. The van der Waals surface area contributed by atoms with Crippen molar-refractivity contribution in [3.05, 3.63) is 27.5 Å². The molecule has 1 aromatic rings. The number of halogens is 2. The number of hydrogen-bond donors (Lipinski definition) is 0. The molecular weight excluding hydrogens is 291 g/mol. The van der Waals surface area contributed by atoms with Gasteiger partial charge >= 0.3 is 0 Å². The first-order valence-corrected chi connectivity index (χ1v) is 6.38. The highest BCUT2D eigenvalue weighted by Gasteiger charge is 2.27. The van der Waals surface area contributed by atoms with Crippen LogP contribution in [0, 0.1) is 0 Å². The molecule has 2 heterocycles. The molecule has 0 aromatic carbocycles. The standard InChI is InChI=1S/C11H12BrClN2O/c1-7-3-2-4-15(7)11(16)9-5-8(12)6-14-10(9)13/h5-7H,2-4H2,1H3. The van der Waals surface area contributed by atoms with Crippen LogP contribution in [-0.4, -0.2) is 28.4 Å². The summed E-state index contributed by atoms with van der Waals surface area (Å²) < 4.78 is 0.770. The Morgan fingerprint density at radius 2 is 2.44 bits per heavy atom. The second kappa shape index (κ2) is 4.72. The Kier molecular flexibility index (Phi) is 3.50. The van der Waals surface area contributed by atoms with Gasteiger partial charge in [-0.3, -0.25) is 4.79 Å². The zero-order valence-corrected chi connectivity index (χ0v) is 11.3. The maximum atomic E-state index is 12.2. The lowest BCUT2D eigenvalue weighted by atomic mass is 10.2. The molecule has 3 nitrogen and oxygen atoms in total. The van der Waals surface area contributed by atoms with Crippen LogP contribution in [0.3, 0.4) is 0 Å². The summed E-state index contributed by atoms with van der Waals surface area (Å²) in [4.78, 5) is 18.0. The van der Waals surface area contributed by atoms with E-state index in [1.807, 2.05) is 4.90 Å². The minimum absolute atomic E-state index is 0.0243. The molecule has 1 fully saturated rings. The summed E-state index contributed by atoms with van der Waals surface area (Å²) in [6.07, 6.45) is 3.71. The van der Waals surface area contributed by atoms with Crippen LogP contribution in [0.2, 0.25) is 5.15 Å². The number of rotatable bonds is 1. The van der Waals surface area contributed by atoms with Gasteiger partial charge in [0.2, 0.25) is 0 Å². The summed E-state index contributed by atoms with van der Waals surface area (Å²) in [6.45, 7) is 2.87. The van der Waals surface area contributed by atoms with Crippen LogP contribution in [0.5, 0.6) is 0 Å². The van der Waals surface area contributed by atoms with Gasteiger partial charge in [-0.2, -0.15) is 0 Å². The van der Waals surface area contributed by atoms with Gasteiger partial charge in [-0.1, -0.05) is 11.6 Å². The molecule has 1 atom stereocenters. The summed E-state index contributed by atoms with van der Waals surface area (Å²) in [5.74, 6) is -0.0243. The Morgan fingerprint density at radius 1 is 1.69 bits per heavy atom. The molecule has 1 aliphatic rings. The number of nitrogens with zero attached hydrogens (tertiary/aromatic N) is 2. The van der Waals surface area contributed by atoms with Crippen LogP contribution in [-0.2, 0) is 0 Å². The van der Waals surface area contributed by atoms with Gasteiger partial charge in [0, 0.05) is 23.3 Å². The van der Waals surface area contributed by atoms with Gasteiger partial charge in [0.25, 0.3) is 5.91 Å². The molecule has 1 aromatic heterocycles. The first-order valence-electron chi connectivity index (χ1n) is 5.21. The van der Waals surface area contributed by atoms with Crippen LogP contribution in [0.1, 0.15) is 30.1 Å². The number of aromatic nitrogens is 1. The molecule has 1 saturated heterocycles. The largest absolute Gasteiger partial charge is 0.336 e. The lowest BCUT2D eigenvalue weighted by molar-refractivity contribution is 0.0747. The summed E-state index contributed by atoms with van der Waals surface area (Å²) in [6, 6.07) is 2.02. The summed E-state index contributed by atoms with van der Waals surface area (Å²) >= 11 is 9.23. The topological polar surface area (TPSA) is 33.2 Å². The van der Waals surface area contributed by atoms with Crippen molar-refractivity contribution in [3.8, 4) is 0 Å². The highest BCUT2D eigenvalue weighted by molar-refractivity contribution is 9.10. The lowest BCUT2D eigenvalue weighted by Crippen LogP contribution is -2.33. The summed E-state index contributed by atoms with van der Waals surface area (Å²) in [5, 5.41) is 0.271. The maximum absolute atomic E-state index is 12.2. The van der Waals surface area contributed by atoms with Crippen LogP contribution in [0.25, 0.3) is 0 Å². The van der Waals surface area contributed by atoms with Crippen molar-refractivity contribution in [1.82, 2.24) is 9.88 Å². The zero-order chi connectivity index (χ0) is 11.7. The van der Waals surface area contributed by atoms with E-state index in [9.17, 15) is 4.79 Å². The Bertz CT molecular complexity index is 424. The van der Waals surface area contributed by atoms with E-state index < -0.39 is 0 Å². The van der Waals surface area contributed by atoms with Crippen LogP contribution >= 0.6 is 27.5 Å². The zero-order valence-electron chi connectivity index (χ0n) is 8.91. The SMILES string of the molecule is CC1CCCN1C(=O)c1cc(Br)cnc1Cl. The number of carbonyl (C=O) groups excluding carboxylic acids is 1. The van der Waals surface area contributed by atoms with E-state index in [0.717, 1.165) is 23.9 Å². The van der Waals surface area contributed by atoms with Crippen molar-refractivity contribution in [3.63, 3.8) is 0 Å². The van der Waals surface area contributed by atoms with Gasteiger partial charge in [-0.15, -0.1) is 0 Å². The average Bonchev–Trinajstić information content (AvgIpc) is 2.67. The minimum Gasteiger partial charge on any atom is -0.336 e. The molecule has 16 heavy (non-hydrogen) atoms. The van der Waals surface area contributed by atoms with Gasteiger partial charge in [0.05, 0.1) is 5.56 Å². The monoisotopic (exact) mass is 302 g/mol. The maximum Gasteiger partial charge on any atom is 0.257 e. The fourth-order valence-corrected chi connectivity index (χ4v) is 2.48. The molecule has 1 aliphatic heterocycles. The molecule has 0 bridgehead atoms. The number of amides is 1. The summed E-state index contributed by atoms with van der Waals surface area (Å²) in [5.41, 5.74) is 0.477. The number of carbonyl (C=O) groups is 1. The van der Waals surface area contributed by atoms with E-state index in [0.29, 0.717) is 11.6 Å². The normalized spacial score (nSPS) is 20.2. The first kappa shape index (κ1) is 11.9. The minimum atomic E-state index is -0.0243. The Balaban J connectivity index is 2.29.